The second kappa shape index (κ2) is 10.4. The number of aromatic nitrogens is 1. The summed E-state index contributed by atoms with van der Waals surface area (Å²) in [6.45, 7) is 2.29. The van der Waals surface area contributed by atoms with E-state index in [0.29, 0.717) is 36.8 Å². The third-order valence-corrected chi connectivity index (χ3v) is 5.95. The van der Waals surface area contributed by atoms with E-state index in [1.807, 2.05) is 41.3 Å². The summed E-state index contributed by atoms with van der Waals surface area (Å²) in [4.78, 5) is 21.9. The lowest BCUT2D eigenvalue weighted by molar-refractivity contribution is 0.0542. The van der Waals surface area contributed by atoms with Gasteiger partial charge in [-0.05, 0) is 43.4 Å². The van der Waals surface area contributed by atoms with Crippen molar-refractivity contribution in [3.05, 3.63) is 83.7 Å². The molecule has 0 aliphatic carbocycles. The Balaban J connectivity index is 1.53. The molecular formula is C26H29N3O4. The number of amides is 1. The molecule has 2 aromatic carbocycles. The number of hydrogen-bond donors (Lipinski definition) is 0. The van der Waals surface area contributed by atoms with E-state index < -0.39 is 0 Å². The molecular weight excluding hydrogens is 418 g/mol. The summed E-state index contributed by atoms with van der Waals surface area (Å²) in [7, 11) is 5.34. The third kappa shape index (κ3) is 5.09. The highest BCUT2D eigenvalue weighted by Crippen LogP contribution is 2.33. The van der Waals surface area contributed by atoms with Gasteiger partial charge in [0.2, 0.25) is 0 Å². The molecule has 33 heavy (non-hydrogen) atoms. The van der Waals surface area contributed by atoms with Crippen molar-refractivity contribution in [1.82, 2.24) is 14.8 Å². The lowest BCUT2D eigenvalue weighted by Crippen LogP contribution is -2.49. The molecule has 1 aliphatic heterocycles. The van der Waals surface area contributed by atoms with Crippen LogP contribution in [0.4, 0.5) is 0 Å². The molecule has 1 aromatic heterocycles. The predicted molar refractivity (Wildman–Crippen MR) is 126 cm³/mol. The van der Waals surface area contributed by atoms with Crippen LogP contribution in [-0.2, 0) is 6.61 Å². The number of piperazine rings is 1. The molecule has 7 heteroatoms. The van der Waals surface area contributed by atoms with E-state index in [1.54, 1.807) is 38.6 Å². The number of pyridine rings is 1. The Morgan fingerprint density at radius 1 is 0.970 bits per heavy atom. The van der Waals surface area contributed by atoms with Gasteiger partial charge in [-0.15, -0.1) is 0 Å². The highest BCUT2D eigenvalue weighted by Gasteiger charge is 2.31. The smallest absolute Gasteiger partial charge is 0.254 e. The van der Waals surface area contributed by atoms with Crippen LogP contribution in [0.5, 0.6) is 17.2 Å². The van der Waals surface area contributed by atoms with Crippen LogP contribution in [0.3, 0.4) is 0 Å². The molecule has 1 saturated heterocycles. The summed E-state index contributed by atoms with van der Waals surface area (Å²) in [5.74, 6) is 1.89. The van der Waals surface area contributed by atoms with E-state index in [1.165, 1.54) is 0 Å². The highest BCUT2D eigenvalue weighted by molar-refractivity contribution is 5.95. The van der Waals surface area contributed by atoms with Crippen molar-refractivity contribution in [1.29, 1.82) is 0 Å². The molecule has 4 rings (SSSR count). The van der Waals surface area contributed by atoms with Gasteiger partial charge in [0.1, 0.15) is 12.4 Å². The zero-order chi connectivity index (χ0) is 23.2. The highest BCUT2D eigenvalue weighted by atomic mass is 16.5. The van der Waals surface area contributed by atoms with E-state index in [9.17, 15) is 4.79 Å². The summed E-state index contributed by atoms with van der Waals surface area (Å²) >= 11 is 0. The van der Waals surface area contributed by atoms with Gasteiger partial charge in [0.15, 0.2) is 11.5 Å². The Morgan fingerprint density at radius 3 is 2.52 bits per heavy atom. The van der Waals surface area contributed by atoms with E-state index in [4.69, 9.17) is 14.2 Å². The monoisotopic (exact) mass is 447 g/mol. The zero-order valence-electron chi connectivity index (χ0n) is 19.2. The first-order valence-electron chi connectivity index (χ1n) is 10.9. The first-order chi connectivity index (χ1) is 16.1. The van der Waals surface area contributed by atoms with Crippen LogP contribution >= 0.6 is 0 Å². The number of rotatable bonds is 7. The molecule has 1 atom stereocenters. The van der Waals surface area contributed by atoms with Gasteiger partial charge in [-0.25, -0.2) is 0 Å². The largest absolute Gasteiger partial charge is 0.496 e. The number of methoxy groups -OCH3 is 2. The number of likely N-dealkylation sites (N-methyl/N-ethyl adjacent to an activating group) is 1. The second-order valence-corrected chi connectivity index (χ2v) is 7.96. The molecule has 1 aliphatic rings. The average Bonchev–Trinajstić information content (AvgIpc) is 2.87. The van der Waals surface area contributed by atoms with Crippen LogP contribution in [0.1, 0.15) is 27.7 Å². The van der Waals surface area contributed by atoms with Gasteiger partial charge < -0.3 is 19.1 Å². The topological polar surface area (TPSA) is 64.1 Å². The first-order valence-corrected chi connectivity index (χ1v) is 10.9. The van der Waals surface area contributed by atoms with Crippen LogP contribution in [0.2, 0.25) is 0 Å². The van der Waals surface area contributed by atoms with Crippen molar-refractivity contribution in [2.75, 3.05) is 40.9 Å². The fourth-order valence-corrected chi connectivity index (χ4v) is 4.08. The maximum absolute atomic E-state index is 13.4. The Morgan fingerprint density at radius 2 is 1.76 bits per heavy atom. The third-order valence-electron chi connectivity index (χ3n) is 5.95. The Kier molecular flexibility index (Phi) is 7.10. The van der Waals surface area contributed by atoms with Crippen molar-refractivity contribution in [3.63, 3.8) is 0 Å². The SMILES string of the molecule is COc1ccc(C(=O)N2CCN(C)C(c3ccccc3OC)C2)cc1OCc1ccccn1. The summed E-state index contributed by atoms with van der Waals surface area (Å²) in [5.41, 5.74) is 2.44. The van der Waals surface area contributed by atoms with Crippen molar-refractivity contribution in [2.24, 2.45) is 0 Å². The van der Waals surface area contributed by atoms with E-state index in [-0.39, 0.29) is 11.9 Å². The van der Waals surface area contributed by atoms with Gasteiger partial charge in [-0.3, -0.25) is 14.7 Å². The molecule has 7 nitrogen and oxygen atoms in total. The molecule has 0 saturated carbocycles. The molecule has 3 aromatic rings. The summed E-state index contributed by atoms with van der Waals surface area (Å²) in [6, 6.07) is 19.0. The minimum Gasteiger partial charge on any atom is -0.496 e. The van der Waals surface area contributed by atoms with Gasteiger partial charge in [-0.2, -0.15) is 0 Å². The number of para-hydroxylation sites is 1. The van der Waals surface area contributed by atoms with Crippen molar-refractivity contribution in [3.8, 4) is 17.2 Å². The molecule has 1 amide bonds. The number of hydrogen-bond acceptors (Lipinski definition) is 6. The maximum Gasteiger partial charge on any atom is 0.254 e. The molecule has 172 valence electrons. The fraction of sp³-hybridized carbons (Fsp3) is 0.308. The Bertz CT molecular complexity index is 1090. The number of nitrogens with zero attached hydrogens (tertiary/aromatic N) is 3. The quantitative estimate of drug-likeness (QED) is 0.549. The molecule has 0 radical (unpaired) electrons. The lowest BCUT2D eigenvalue weighted by Gasteiger charge is -2.40. The van der Waals surface area contributed by atoms with Gasteiger partial charge in [0, 0.05) is 37.0 Å². The number of benzene rings is 2. The molecule has 0 N–H and O–H groups in total. The molecule has 0 bridgehead atoms. The number of carbonyl (C=O) groups excluding carboxylic acids is 1. The fourth-order valence-electron chi connectivity index (χ4n) is 4.08. The van der Waals surface area contributed by atoms with Gasteiger partial charge in [-0.1, -0.05) is 24.3 Å². The van der Waals surface area contributed by atoms with Crippen LogP contribution in [0, 0.1) is 0 Å². The van der Waals surface area contributed by atoms with Gasteiger partial charge in [0.05, 0.1) is 26.0 Å². The average molecular weight is 448 g/mol. The first kappa shape index (κ1) is 22.6. The molecule has 1 unspecified atom stereocenters. The predicted octanol–water partition coefficient (Wildman–Crippen LogP) is 3.81. The summed E-state index contributed by atoms with van der Waals surface area (Å²) in [5, 5.41) is 0. The van der Waals surface area contributed by atoms with Gasteiger partial charge in [0.25, 0.3) is 5.91 Å². The normalized spacial score (nSPS) is 16.3. The minimum absolute atomic E-state index is 0.0339. The second-order valence-electron chi connectivity index (χ2n) is 7.96. The van der Waals surface area contributed by atoms with Crippen molar-refractivity contribution in [2.45, 2.75) is 12.6 Å². The number of ether oxygens (including phenoxy) is 3. The van der Waals surface area contributed by atoms with Crippen LogP contribution in [0.25, 0.3) is 0 Å². The zero-order valence-corrected chi connectivity index (χ0v) is 19.2. The number of carbonyl (C=O) groups is 1. The van der Waals surface area contributed by atoms with Crippen LogP contribution in [0.15, 0.2) is 66.9 Å². The lowest BCUT2D eigenvalue weighted by atomic mass is 10.0. The molecule has 1 fully saturated rings. The van der Waals surface area contributed by atoms with E-state index in [0.717, 1.165) is 23.6 Å². The van der Waals surface area contributed by atoms with Gasteiger partial charge >= 0.3 is 0 Å². The van der Waals surface area contributed by atoms with E-state index in [2.05, 4.69) is 23.0 Å². The molecule has 2 heterocycles. The summed E-state index contributed by atoms with van der Waals surface area (Å²) < 4.78 is 17.0. The van der Waals surface area contributed by atoms with Crippen LogP contribution < -0.4 is 14.2 Å². The molecule has 0 spiro atoms. The van der Waals surface area contributed by atoms with E-state index >= 15 is 0 Å². The summed E-state index contributed by atoms with van der Waals surface area (Å²) in [6.07, 6.45) is 1.72. The van der Waals surface area contributed by atoms with Crippen LogP contribution in [-0.4, -0.2) is 61.6 Å². The van der Waals surface area contributed by atoms with Crippen molar-refractivity contribution >= 4 is 5.91 Å². The Labute approximate surface area is 194 Å². The van der Waals surface area contributed by atoms with Crippen molar-refractivity contribution < 1.29 is 19.0 Å². The standard InChI is InChI=1S/C26H29N3O4/c1-28-14-15-29(17-22(28)21-9-4-5-10-23(21)31-2)26(30)19-11-12-24(32-3)25(16-19)33-18-20-8-6-7-13-27-20/h4-13,16,22H,14-15,17-18H2,1-3H3. The maximum atomic E-state index is 13.4. The minimum atomic E-state index is -0.0339. The Hall–Kier alpha value is -3.58.